The SMILES string of the molecule is O=C(OCC(F)(F)S(=O)(=O)[O-])C1C2c3ccccc3C(c3ccccc32)C1c1ccccc1O. The Hall–Kier alpha value is -3.30. The van der Waals surface area contributed by atoms with Crippen molar-refractivity contribution in [3.63, 3.8) is 0 Å². The van der Waals surface area contributed by atoms with Gasteiger partial charge < -0.3 is 14.4 Å². The molecule has 3 aromatic carbocycles. The number of aromatic hydroxyl groups is 1. The number of phenols is 1. The van der Waals surface area contributed by atoms with Gasteiger partial charge in [0.25, 0.3) is 0 Å². The van der Waals surface area contributed by atoms with Gasteiger partial charge in [-0.2, -0.15) is 8.78 Å². The molecule has 3 aromatic rings. The first-order valence-electron chi connectivity index (χ1n) is 10.6. The van der Waals surface area contributed by atoms with Crippen LogP contribution in [0.1, 0.15) is 45.6 Å². The summed E-state index contributed by atoms with van der Waals surface area (Å²) in [7, 11) is -6.01. The fourth-order valence-corrected chi connectivity index (χ4v) is 5.63. The maximum absolute atomic E-state index is 13.8. The van der Waals surface area contributed by atoms with Crippen LogP contribution in [0.4, 0.5) is 8.78 Å². The molecule has 6 nitrogen and oxygen atoms in total. The number of carbonyl (C=O) groups is 1. The van der Waals surface area contributed by atoms with Gasteiger partial charge in [0.05, 0.1) is 5.92 Å². The van der Waals surface area contributed by atoms with E-state index in [-0.39, 0.29) is 11.7 Å². The summed E-state index contributed by atoms with van der Waals surface area (Å²) in [6.07, 6.45) is 0. The lowest BCUT2D eigenvalue weighted by atomic mass is 9.53. The zero-order valence-electron chi connectivity index (χ0n) is 17.6. The number of para-hydroxylation sites is 1. The Kier molecular flexibility index (Phi) is 5.22. The van der Waals surface area contributed by atoms with Crippen molar-refractivity contribution in [3.8, 4) is 5.75 Å². The quantitative estimate of drug-likeness (QED) is 0.432. The Labute approximate surface area is 194 Å². The van der Waals surface area contributed by atoms with E-state index in [0.29, 0.717) is 5.56 Å². The van der Waals surface area contributed by atoms with Crippen LogP contribution in [0.2, 0.25) is 0 Å². The molecule has 2 bridgehead atoms. The van der Waals surface area contributed by atoms with E-state index < -0.39 is 45.7 Å². The number of halogens is 2. The van der Waals surface area contributed by atoms with Gasteiger partial charge in [0.2, 0.25) is 0 Å². The molecule has 176 valence electrons. The zero-order chi connectivity index (χ0) is 24.3. The van der Waals surface area contributed by atoms with Crippen molar-refractivity contribution in [1.29, 1.82) is 0 Å². The summed E-state index contributed by atoms with van der Waals surface area (Å²) in [5, 5.41) is 5.91. The van der Waals surface area contributed by atoms with Gasteiger partial charge in [-0.1, -0.05) is 66.7 Å². The minimum absolute atomic E-state index is 0.0553. The van der Waals surface area contributed by atoms with Gasteiger partial charge in [0.1, 0.15) is 5.75 Å². The van der Waals surface area contributed by atoms with Gasteiger partial charge in [-0.05, 0) is 33.9 Å². The summed E-state index contributed by atoms with van der Waals surface area (Å²) >= 11 is 0. The lowest BCUT2D eigenvalue weighted by Crippen LogP contribution is -2.44. The second kappa shape index (κ2) is 7.89. The molecule has 0 radical (unpaired) electrons. The highest BCUT2D eigenvalue weighted by Crippen LogP contribution is 2.62. The van der Waals surface area contributed by atoms with E-state index in [1.165, 1.54) is 6.07 Å². The lowest BCUT2D eigenvalue weighted by molar-refractivity contribution is -0.156. The van der Waals surface area contributed by atoms with Crippen LogP contribution in [0.3, 0.4) is 0 Å². The monoisotopic (exact) mass is 485 g/mol. The first kappa shape index (κ1) is 22.5. The van der Waals surface area contributed by atoms with Gasteiger partial charge in [0, 0.05) is 17.8 Å². The van der Waals surface area contributed by atoms with Crippen LogP contribution >= 0.6 is 0 Å². The molecule has 0 heterocycles. The minimum Gasteiger partial charge on any atom is -0.743 e. The van der Waals surface area contributed by atoms with Crippen LogP contribution in [0.25, 0.3) is 0 Å². The van der Waals surface area contributed by atoms with Crippen LogP contribution < -0.4 is 0 Å². The topological polar surface area (TPSA) is 104 Å². The maximum atomic E-state index is 13.8. The molecule has 0 saturated heterocycles. The lowest BCUT2D eigenvalue weighted by Gasteiger charge is -2.50. The van der Waals surface area contributed by atoms with Crippen molar-refractivity contribution < 1.29 is 36.4 Å². The van der Waals surface area contributed by atoms with Crippen molar-refractivity contribution in [1.82, 2.24) is 0 Å². The third kappa shape index (κ3) is 3.38. The summed E-state index contributed by atoms with van der Waals surface area (Å²) in [5.41, 5.74) is 4.03. The summed E-state index contributed by atoms with van der Waals surface area (Å²) in [6.45, 7) is -1.87. The Morgan fingerprint density at radius 3 is 1.76 bits per heavy atom. The summed E-state index contributed by atoms with van der Waals surface area (Å²) < 4.78 is 65.1. The first-order valence-corrected chi connectivity index (χ1v) is 12.0. The molecule has 2 atom stereocenters. The average molecular weight is 485 g/mol. The molecule has 3 aliphatic rings. The first-order chi connectivity index (χ1) is 16.1. The molecule has 0 amide bonds. The van der Waals surface area contributed by atoms with Gasteiger partial charge in [0.15, 0.2) is 16.7 Å². The Morgan fingerprint density at radius 1 is 0.853 bits per heavy atom. The number of phenolic OH excluding ortho intramolecular Hbond substituents is 1. The standard InChI is InChI=1S/C25H20F2O6S/c26-25(27,34(30,31)32)13-33-24(29)23-21-16-9-3-1-7-14(16)20(15-8-2-4-10-17(15)21)22(23)18-11-5-6-12-19(18)28/h1-12,20-23,28H,13H2,(H,30,31,32)/p-1. The van der Waals surface area contributed by atoms with E-state index in [2.05, 4.69) is 0 Å². The van der Waals surface area contributed by atoms with E-state index in [1.54, 1.807) is 18.2 Å². The third-order valence-corrected chi connectivity index (χ3v) is 7.60. The highest BCUT2D eigenvalue weighted by molar-refractivity contribution is 7.86. The molecule has 6 rings (SSSR count). The smallest absolute Gasteiger partial charge is 0.367 e. The molecule has 1 N–H and O–H groups in total. The second-order valence-electron chi connectivity index (χ2n) is 8.52. The summed E-state index contributed by atoms with van der Waals surface area (Å²) in [6, 6.07) is 21.5. The molecule has 2 unspecified atom stereocenters. The fourth-order valence-electron chi connectivity index (χ4n) is 5.43. The Morgan fingerprint density at radius 2 is 1.29 bits per heavy atom. The highest BCUT2D eigenvalue weighted by atomic mass is 32.2. The van der Waals surface area contributed by atoms with Gasteiger partial charge in [-0.3, -0.25) is 4.79 Å². The largest absolute Gasteiger partial charge is 0.743 e. The maximum Gasteiger partial charge on any atom is 0.367 e. The van der Waals surface area contributed by atoms with Crippen LogP contribution in [0, 0.1) is 5.92 Å². The molecular weight excluding hydrogens is 466 g/mol. The normalized spacial score (nSPS) is 23.1. The molecule has 0 spiro atoms. The number of ether oxygens (including phenoxy) is 1. The predicted octanol–water partition coefficient (Wildman–Crippen LogP) is 4.06. The number of benzene rings is 3. The average Bonchev–Trinajstić information content (AvgIpc) is 2.81. The number of fused-ring (bicyclic) bond motifs is 1. The van der Waals surface area contributed by atoms with E-state index in [9.17, 15) is 31.7 Å². The fraction of sp³-hybridized carbons (Fsp3) is 0.240. The van der Waals surface area contributed by atoms with E-state index in [0.717, 1.165) is 22.3 Å². The molecule has 3 aliphatic carbocycles. The molecule has 0 saturated carbocycles. The number of alkyl halides is 2. The van der Waals surface area contributed by atoms with Crippen molar-refractivity contribution in [3.05, 3.63) is 101 Å². The van der Waals surface area contributed by atoms with E-state index in [4.69, 9.17) is 4.74 Å². The van der Waals surface area contributed by atoms with Crippen LogP contribution in [0.5, 0.6) is 5.75 Å². The number of esters is 1. The predicted molar refractivity (Wildman–Crippen MR) is 117 cm³/mol. The van der Waals surface area contributed by atoms with Crippen molar-refractivity contribution in [2.45, 2.75) is 23.0 Å². The summed E-state index contributed by atoms with van der Waals surface area (Å²) in [4.78, 5) is 13.3. The van der Waals surface area contributed by atoms with Crippen molar-refractivity contribution >= 4 is 16.1 Å². The number of rotatable bonds is 5. The van der Waals surface area contributed by atoms with Crippen LogP contribution in [-0.4, -0.2) is 35.9 Å². The van der Waals surface area contributed by atoms with Gasteiger partial charge >= 0.3 is 11.2 Å². The molecule has 34 heavy (non-hydrogen) atoms. The molecule has 0 aliphatic heterocycles. The Bertz CT molecular complexity index is 1340. The van der Waals surface area contributed by atoms with Gasteiger partial charge in [-0.25, -0.2) is 8.42 Å². The number of hydrogen-bond acceptors (Lipinski definition) is 6. The van der Waals surface area contributed by atoms with Crippen LogP contribution in [0.15, 0.2) is 72.8 Å². The zero-order valence-corrected chi connectivity index (χ0v) is 18.4. The van der Waals surface area contributed by atoms with Gasteiger partial charge in [-0.15, -0.1) is 0 Å². The van der Waals surface area contributed by atoms with Crippen molar-refractivity contribution in [2.24, 2.45) is 5.92 Å². The second-order valence-corrected chi connectivity index (χ2v) is 10.0. The van der Waals surface area contributed by atoms with Crippen LogP contribution in [-0.2, 0) is 19.6 Å². The number of hydrogen-bond donors (Lipinski definition) is 1. The molecule has 0 aromatic heterocycles. The molecule has 9 heteroatoms. The summed E-state index contributed by atoms with van der Waals surface area (Å²) in [5.74, 6) is -3.77. The molecule has 0 fully saturated rings. The highest BCUT2D eigenvalue weighted by Gasteiger charge is 2.54. The van der Waals surface area contributed by atoms with E-state index in [1.807, 2.05) is 48.5 Å². The van der Waals surface area contributed by atoms with E-state index >= 15 is 0 Å². The Balaban J connectivity index is 1.66. The van der Waals surface area contributed by atoms with Crippen molar-refractivity contribution in [2.75, 3.05) is 6.61 Å². The molecular formula is C25H19F2O6S-. The minimum atomic E-state index is -6.01. The number of carbonyl (C=O) groups excluding carboxylic acids is 1. The third-order valence-electron chi connectivity index (χ3n) is 6.75.